The molecule has 1 aromatic heterocycles. The first-order valence-electron chi connectivity index (χ1n) is 8.54. The fourth-order valence-electron chi connectivity index (χ4n) is 3.65. The SMILES string of the molecule is CC(C)(C)OC(=O)N1CCN2C(=O)c3c(F)nc(Cl)c(Cl)c3OC3CC32C1. The van der Waals surface area contributed by atoms with Gasteiger partial charge in [-0.15, -0.1) is 0 Å². The van der Waals surface area contributed by atoms with Gasteiger partial charge in [-0.3, -0.25) is 4.79 Å². The van der Waals surface area contributed by atoms with Gasteiger partial charge in [-0.2, -0.15) is 4.39 Å². The molecule has 2 unspecified atom stereocenters. The molecular formula is C17H18Cl2FN3O4. The second-order valence-corrected chi connectivity index (χ2v) is 8.72. The molecule has 0 N–H and O–H groups in total. The molecule has 0 radical (unpaired) electrons. The third-order valence-corrected chi connectivity index (χ3v) is 5.68. The monoisotopic (exact) mass is 417 g/mol. The van der Waals surface area contributed by atoms with Crippen molar-refractivity contribution in [2.75, 3.05) is 19.6 Å². The fraction of sp³-hybridized carbons (Fsp3) is 0.588. The second-order valence-electron chi connectivity index (χ2n) is 7.98. The number of hydrogen-bond donors (Lipinski definition) is 0. The van der Waals surface area contributed by atoms with Gasteiger partial charge in [-0.25, -0.2) is 9.78 Å². The molecule has 27 heavy (non-hydrogen) atoms. The average molecular weight is 418 g/mol. The summed E-state index contributed by atoms with van der Waals surface area (Å²) in [5.74, 6) is -1.66. The molecule has 1 saturated carbocycles. The molecule has 1 spiro atoms. The molecule has 2 amide bonds. The number of rotatable bonds is 0. The lowest BCUT2D eigenvalue weighted by atomic mass is 10.1. The number of piperazine rings is 1. The van der Waals surface area contributed by atoms with Crippen molar-refractivity contribution in [3.05, 3.63) is 21.7 Å². The number of carbonyl (C=O) groups excluding carboxylic acids is 2. The Kier molecular flexibility index (Phi) is 4.02. The molecule has 1 aromatic rings. The largest absolute Gasteiger partial charge is 0.485 e. The molecule has 2 fully saturated rings. The summed E-state index contributed by atoms with van der Waals surface area (Å²) in [7, 11) is 0. The Balaban J connectivity index is 1.65. The van der Waals surface area contributed by atoms with Crippen LogP contribution in [0.4, 0.5) is 9.18 Å². The average Bonchev–Trinajstić information content (AvgIpc) is 3.23. The number of hydrogen-bond acceptors (Lipinski definition) is 5. The number of nitrogens with zero attached hydrogens (tertiary/aromatic N) is 3. The summed E-state index contributed by atoms with van der Waals surface area (Å²) in [6, 6.07) is 0. The van der Waals surface area contributed by atoms with E-state index in [0.717, 1.165) is 0 Å². The third-order valence-electron chi connectivity index (χ3n) is 4.95. The van der Waals surface area contributed by atoms with E-state index >= 15 is 0 Å². The van der Waals surface area contributed by atoms with E-state index in [-0.39, 0.29) is 41.1 Å². The summed E-state index contributed by atoms with van der Waals surface area (Å²) >= 11 is 11.9. The maximum Gasteiger partial charge on any atom is 0.410 e. The van der Waals surface area contributed by atoms with Gasteiger partial charge in [0.25, 0.3) is 5.91 Å². The zero-order chi connectivity index (χ0) is 19.7. The first-order valence-corrected chi connectivity index (χ1v) is 9.30. The number of fused-ring (bicyclic) bond motifs is 1. The van der Waals surface area contributed by atoms with Crippen molar-refractivity contribution < 1.29 is 23.5 Å². The highest BCUT2D eigenvalue weighted by Crippen LogP contribution is 2.52. The van der Waals surface area contributed by atoms with Crippen LogP contribution >= 0.6 is 23.2 Å². The Labute approximate surface area is 165 Å². The predicted molar refractivity (Wildman–Crippen MR) is 94.8 cm³/mol. The van der Waals surface area contributed by atoms with Crippen molar-refractivity contribution in [3.63, 3.8) is 0 Å². The van der Waals surface area contributed by atoms with Crippen LogP contribution in [0.2, 0.25) is 10.2 Å². The molecule has 0 bridgehead atoms. The standard InChI is InChI=1S/C17H18Cl2FN3O4/c1-16(2,3)27-15(25)22-4-5-23-14(24)9-11(10(18)12(19)21-13(9)20)26-8-6-17(8,23)7-22/h8H,4-7H2,1-3H3. The van der Waals surface area contributed by atoms with Crippen molar-refractivity contribution in [3.8, 4) is 5.75 Å². The van der Waals surface area contributed by atoms with E-state index in [9.17, 15) is 14.0 Å². The second kappa shape index (κ2) is 5.85. The van der Waals surface area contributed by atoms with Crippen LogP contribution in [-0.4, -0.2) is 63.7 Å². The van der Waals surface area contributed by atoms with Gasteiger partial charge >= 0.3 is 6.09 Å². The zero-order valence-corrected chi connectivity index (χ0v) is 16.5. The highest BCUT2D eigenvalue weighted by atomic mass is 35.5. The molecule has 3 heterocycles. The van der Waals surface area contributed by atoms with Crippen LogP contribution in [0.15, 0.2) is 0 Å². The van der Waals surface area contributed by atoms with Crippen molar-refractivity contribution in [1.29, 1.82) is 0 Å². The Hall–Kier alpha value is -1.80. The van der Waals surface area contributed by atoms with Crippen LogP contribution in [0.1, 0.15) is 37.6 Å². The van der Waals surface area contributed by atoms with E-state index in [1.807, 2.05) is 0 Å². The van der Waals surface area contributed by atoms with Gasteiger partial charge in [0.15, 0.2) is 10.9 Å². The number of carbonyl (C=O) groups is 2. The highest BCUT2D eigenvalue weighted by Gasteiger charge is 2.67. The van der Waals surface area contributed by atoms with Crippen LogP contribution in [0, 0.1) is 5.95 Å². The maximum absolute atomic E-state index is 14.4. The Morgan fingerprint density at radius 1 is 1.37 bits per heavy atom. The Morgan fingerprint density at radius 2 is 2.07 bits per heavy atom. The number of amides is 2. The van der Waals surface area contributed by atoms with E-state index < -0.39 is 35.2 Å². The molecule has 10 heteroatoms. The first-order chi connectivity index (χ1) is 12.5. The minimum absolute atomic E-state index is 0.0840. The van der Waals surface area contributed by atoms with E-state index in [2.05, 4.69) is 4.98 Å². The Bertz CT molecular complexity index is 860. The van der Waals surface area contributed by atoms with Gasteiger partial charge in [0.1, 0.15) is 27.8 Å². The van der Waals surface area contributed by atoms with Crippen LogP contribution < -0.4 is 4.74 Å². The topological polar surface area (TPSA) is 72.0 Å². The van der Waals surface area contributed by atoms with Gasteiger partial charge in [0.05, 0.1) is 6.54 Å². The van der Waals surface area contributed by atoms with Crippen molar-refractivity contribution in [2.45, 2.75) is 44.4 Å². The van der Waals surface area contributed by atoms with Crippen LogP contribution in [0.25, 0.3) is 0 Å². The van der Waals surface area contributed by atoms with E-state index in [1.54, 1.807) is 30.6 Å². The Morgan fingerprint density at radius 3 is 2.74 bits per heavy atom. The van der Waals surface area contributed by atoms with Crippen LogP contribution in [-0.2, 0) is 4.74 Å². The molecular weight excluding hydrogens is 400 g/mol. The maximum atomic E-state index is 14.4. The summed E-state index contributed by atoms with van der Waals surface area (Å²) in [6.07, 6.45) is -0.358. The third kappa shape index (κ3) is 2.89. The van der Waals surface area contributed by atoms with Crippen LogP contribution in [0.3, 0.4) is 0 Å². The normalized spacial score (nSPS) is 26.4. The predicted octanol–water partition coefficient (Wildman–Crippen LogP) is 3.12. The lowest BCUT2D eigenvalue weighted by Crippen LogP contribution is -2.60. The summed E-state index contributed by atoms with van der Waals surface area (Å²) < 4.78 is 25.6. The zero-order valence-electron chi connectivity index (χ0n) is 15.0. The molecule has 2 atom stereocenters. The van der Waals surface area contributed by atoms with Gasteiger partial charge in [-0.1, -0.05) is 23.2 Å². The minimum Gasteiger partial charge on any atom is -0.485 e. The lowest BCUT2D eigenvalue weighted by molar-refractivity contribution is -0.00317. The molecule has 1 saturated heterocycles. The first kappa shape index (κ1) is 18.6. The van der Waals surface area contributed by atoms with Gasteiger partial charge < -0.3 is 19.3 Å². The molecule has 7 nitrogen and oxygen atoms in total. The summed E-state index contributed by atoms with van der Waals surface area (Å²) in [4.78, 5) is 32.1. The minimum atomic E-state index is -1.02. The molecule has 0 aromatic carbocycles. The van der Waals surface area contributed by atoms with E-state index in [4.69, 9.17) is 32.7 Å². The smallest absolute Gasteiger partial charge is 0.410 e. The number of halogens is 3. The van der Waals surface area contributed by atoms with E-state index in [1.165, 1.54) is 0 Å². The van der Waals surface area contributed by atoms with E-state index in [0.29, 0.717) is 6.42 Å². The summed E-state index contributed by atoms with van der Waals surface area (Å²) in [5.41, 5.74) is -1.67. The van der Waals surface area contributed by atoms with Crippen molar-refractivity contribution in [2.24, 2.45) is 0 Å². The molecule has 3 aliphatic rings. The molecule has 4 rings (SSSR count). The summed E-state index contributed by atoms with van der Waals surface area (Å²) in [6.45, 7) is 6.12. The highest BCUT2D eigenvalue weighted by molar-refractivity contribution is 6.42. The molecule has 2 aliphatic heterocycles. The molecule has 146 valence electrons. The molecule has 1 aliphatic carbocycles. The van der Waals surface area contributed by atoms with Crippen LogP contribution in [0.5, 0.6) is 5.75 Å². The fourth-order valence-corrected chi connectivity index (χ4v) is 3.99. The van der Waals surface area contributed by atoms with Gasteiger partial charge in [0.2, 0.25) is 5.95 Å². The quantitative estimate of drug-likeness (QED) is 0.606. The number of ether oxygens (including phenoxy) is 2. The van der Waals surface area contributed by atoms with Gasteiger partial charge in [0, 0.05) is 19.5 Å². The lowest BCUT2D eigenvalue weighted by Gasteiger charge is -2.41. The number of aromatic nitrogens is 1. The van der Waals surface area contributed by atoms with Crippen molar-refractivity contribution in [1.82, 2.24) is 14.8 Å². The van der Waals surface area contributed by atoms with Crippen molar-refractivity contribution >= 4 is 35.2 Å². The van der Waals surface area contributed by atoms with Gasteiger partial charge in [-0.05, 0) is 20.8 Å². The summed E-state index contributed by atoms with van der Waals surface area (Å²) in [5, 5.41) is -0.349. The number of pyridine rings is 1.